The number of hydrogen-bond acceptors (Lipinski definition) is 2. The van der Waals surface area contributed by atoms with E-state index in [4.69, 9.17) is 16.3 Å². The number of halogens is 1. The van der Waals surface area contributed by atoms with E-state index in [2.05, 4.69) is 4.90 Å². The highest BCUT2D eigenvalue weighted by molar-refractivity contribution is 6.17. The first-order valence-corrected chi connectivity index (χ1v) is 5.87. The molecule has 1 heterocycles. The predicted octanol–water partition coefficient (Wildman–Crippen LogP) is 1.87. The van der Waals surface area contributed by atoms with E-state index >= 15 is 0 Å². The summed E-state index contributed by atoms with van der Waals surface area (Å²) in [5.74, 6) is 0.786. The lowest BCUT2D eigenvalue weighted by atomic mass is 10.1. The van der Waals surface area contributed by atoms with Crippen LogP contribution in [0.2, 0.25) is 0 Å². The quantitative estimate of drug-likeness (QED) is 0.650. The maximum atomic E-state index is 5.74. The fraction of sp³-hybridized carbons (Fsp3) is 1.00. The number of alkyl halides is 1. The maximum Gasteiger partial charge on any atom is 0.0730 e. The van der Waals surface area contributed by atoms with Crippen molar-refractivity contribution in [3.8, 4) is 0 Å². The van der Waals surface area contributed by atoms with Crippen LogP contribution in [0.15, 0.2) is 0 Å². The first-order chi connectivity index (χ1) is 6.42. The second-order valence-electron chi connectivity index (χ2n) is 3.99. The van der Waals surface area contributed by atoms with Crippen LogP contribution in [0.5, 0.6) is 0 Å². The van der Waals surface area contributed by atoms with Crippen molar-refractivity contribution in [3.05, 3.63) is 0 Å². The Kier molecular flexibility index (Phi) is 3.47. The lowest BCUT2D eigenvalue weighted by Crippen LogP contribution is -2.48. The van der Waals surface area contributed by atoms with Gasteiger partial charge in [-0.25, -0.2) is 0 Å². The minimum atomic E-state index is 0.532. The summed E-state index contributed by atoms with van der Waals surface area (Å²) in [5, 5.41) is 0. The zero-order valence-electron chi connectivity index (χ0n) is 8.04. The van der Waals surface area contributed by atoms with Crippen molar-refractivity contribution in [3.63, 3.8) is 0 Å². The molecular formula is C10H18ClNO. The highest BCUT2D eigenvalue weighted by Crippen LogP contribution is 2.29. The van der Waals surface area contributed by atoms with Crippen molar-refractivity contribution < 1.29 is 4.74 Å². The molecule has 2 aliphatic rings. The number of fused-ring (bicyclic) bond motifs is 1. The summed E-state index contributed by atoms with van der Waals surface area (Å²) < 4.78 is 5.74. The van der Waals surface area contributed by atoms with Gasteiger partial charge in [-0.15, -0.1) is 11.6 Å². The van der Waals surface area contributed by atoms with Crippen LogP contribution in [-0.2, 0) is 4.74 Å². The van der Waals surface area contributed by atoms with Crippen molar-refractivity contribution in [1.82, 2.24) is 4.90 Å². The SMILES string of the molecule is ClCCCN1CCOC2CCCC21. The third kappa shape index (κ3) is 2.17. The number of morpholine rings is 1. The van der Waals surface area contributed by atoms with Gasteiger partial charge in [0.15, 0.2) is 0 Å². The number of rotatable bonds is 3. The van der Waals surface area contributed by atoms with Crippen molar-refractivity contribution in [1.29, 1.82) is 0 Å². The first kappa shape index (κ1) is 9.75. The number of nitrogens with zero attached hydrogens (tertiary/aromatic N) is 1. The average Bonchev–Trinajstić information content (AvgIpc) is 2.62. The van der Waals surface area contributed by atoms with Crippen LogP contribution in [0.3, 0.4) is 0 Å². The second-order valence-corrected chi connectivity index (χ2v) is 4.36. The molecule has 3 heteroatoms. The van der Waals surface area contributed by atoms with E-state index in [0.717, 1.165) is 32.0 Å². The molecule has 13 heavy (non-hydrogen) atoms. The molecule has 2 rings (SSSR count). The molecule has 1 aliphatic heterocycles. The number of hydrogen-bond donors (Lipinski definition) is 0. The Morgan fingerprint density at radius 1 is 1.38 bits per heavy atom. The van der Waals surface area contributed by atoms with Gasteiger partial charge in [0.1, 0.15) is 0 Å². The summed E-state index contributed by atoms with van der Waals surface area (Å²) >= 11 is 5.71. The van der Waals surface area contributed by atoms with E-state index in [1.165, 1.54) is 19.3 Å². The van der Waals surface area contributed by atoms with Gasteiger partial charge in [-0.05, 0) is 32.2 Å². The molecule has 76 valence electrons. The van der Waals surface area contributed by atoms with Crippen molar-refractivity contribution in [2.24, 2.45) is 0 Å². The molecule has 0 radical (unpaired) electrons. The summed E-state index contributed by atoms with van der Waals surface area (Å²) in [5.41, 5.74) is 0. The van der Waals surface area contributed by atoms with E-state index < -0.39 is 0 Å². The molecule has 1 aliphatic carbocycles. The van der Waals surface area contributed by atoms with Crippen LogP contribution in [0.25, 0.3) is 0 Å². The molecule has 2 nitrogen and oxygen atoms in total. The Bertz CT molecular complexity index is 165. The molecule has 0 bridgehead atoms. The molecule has 0 aromatic rings. The second kappa shape index (κ2) is 4.63. The largest absolute Gasteiger partial charge is 0.375 e. The molecule has 1 saturated heterocycles. The van der Waals surface area contributed by atoms with E-state index in [0.29, 0.717) is 12.1 Å². The average molecular weight is 204 g/mol. The minimum absolute atomic E-state index is 0.532. The molecule has 2 unspecified atom stereocenters. The van der Waals surface area contributed by atoms with Crippen LogP contribution >= 0.6 is 11.6 Å². The lowest BCUT2D eigenvalue weighted by Gasteiger charge is -2.37. The van der Waals surface area contributed by atoms with Gasteiger partial charge in [0.2, 0.25) is 0 Å². The third-order valence-corrected chi connectivity index (χ3v) is 3.44. The zero-order chi connectivity index (χ0) is 9.10. The molecule has 0 amide bonds. The fourth-order valence-corrected chi connectivity index (χ4v) is 2.67. The molecule has 0 spiro atoms. The summed E-state index contributed by atoms with van der Waals surface area (Å²) in [7, 11) is 0. The van der Waals surface area contributed by atoms with E-state index in [1.807, 2.05) is 0 Å². The number of ether oxygens (including phenoxy) is 1. The smallest absolute Gasteiger partial charge is 0.0730 e. The van der Waals surface area contributed by atoms with Crippen LogP contribution in [-0.4, -0.2) is 42.6 Å². The lowest BCUT2D eigenvalue weighted by molar-refractivity contribution is -0.0552. The Labute approximate surface area is 85.2 Å². The van der Waals surface area contributed by atoms with Gasteiger partial charge in [-0.3, -0.25) is 4.90 Å². The van der Waals surface area contributed by atoms with E-state index in [9.17, 15) is 0 Å². The van der Waals surface area contributed by atoms with Gasteiger partial charge in [-0.1, -0.05) is 0 Å². The first-order valence-electron chi connectivity index (χ1n) is 5.33. The molecule has 1 saturated carbocycles. The van der Waals surface area contributed by atoms with Crippen molar-refractivity contribution in [2.45, 2.75) is 37.8 Å². The minimum Gasteiger partial charge on any atom is -0.375 e. The normalized spacial score (nSPS) is 34.8. The van der Waals surface area contributed by atoms with Gasteiger partial charge < -0.3 is 4.74 Å². The van der Waals surface area contributed by atoms with Crippen LogP contribution in [0.4, 0.5) is 0 Å². The summed E-state index contributed by atoms with van der Waals surface area (Å²) in [4.78, 5) is 2.57. The monoisotopic (exact) mass is 203 g/mol. The maximum absolute atomic E-state index is 5.74. The van der Waals surface area contributed by atoms with Gasteiger partial charge in [0.05, 0.1) is 12.7 Å². The summed E-state index contributed by atoms with van der Waals surface area (Å²) in [6.07, 6.45) is 5.58. The fourth-order valence-electron chi connectivity index (χ4n) is 2.55. The highest BCUT2D eigenvalue weighted by atomic mass is 35.5. The van der Waals surface area contributed by atoms with E-state index in [-0.39, 0.29) is 0 Å². The van der Waals surface area contributed by atoms with Crippen LogP contribution < -0.4 is 0 Å². The Balaban J connectivity index is 1.86. The third-order valence-electron chi connectivity index (χ3n) is 3.18. The van der Waals surface area contributed by atoms with Crippen molar-refractivity contribution in [2.75, 3.05) is 25.6 Å². The van der Waals surface area contributed by atoms with Gasteiger partial charge >= 0.3 is 0 Å². The molecular weight excluding hydrogens is 186 g/mol. The molecule has 2 fully saturated rings. The van der Waals surface area contributed by atoms with E-state index in [1.54, 1.807) is 0 Å². The highest BCUT2D eigenvalue weighted by Gasteiger charge is 2.35. The van der Waals surface area contributed by atoms with Crippen LogP contribution in [0, 0.1) is 0 Å². The standard InChI is InChI=1S/C10H18ClNO/c11-5-2-6-12-7-8-13-10-4-1-3-9(10)12/h9-10H,1-8H2. The van der Waals surface area contributed by atoms with Gasteiger partial charge in [0, 0.05) is 18.5 Å². The van der Waals surface area contributed by atoms with Gasteiger partial charge in [-0.2, -0.15) is 0 Å². The molecule has 0 aromatic heterocycles. The Morgan fingerprint density at radius 3 is 3.15 bits per heavy atom. The Hall–Kier alpha value is 0.210. The molecule has 0 aromatic carbocycles. The molecule has 2 atom stereocenters. The predicted molar refractivity (Wildman–Crippen MR) is 54.3 cm³/mol. The zero-order valence-corrected chi connectivity index (χ0v) is 8.80. The van der Waals surface area contributed by atoms with Gasteiger partial charge in [0.25, 0.3) is 0 Å². The topological polar surface area (TPSA) is 12.5 Å². The van der Waals surface area contributed by atoms with Crippen molar-refractivity contribution >= 4 is 11.6 Å². The van der Waals surface area contributed by atoms with Crippen LogP contribution in [0.1, 0.15) is 25.7 Å². The Morgan fingerprint density at radius 2 is 2.31 bits per heavy atom. The molecule has 0 N–H and O–H groups in total. The summed E-state index contributed by atoms with van der Waals surface area (Å²) in [6.45, 7) is 3.19. The summed E-state index contributed by atoms with van der Waals surface area (Å²) in [6, 6.07) is 0.706.